The molecule has 2 aromatic carbocycles. The summed E-state index contributed by atoms with van der Waals surface area (Å²) in [5.41, 5.74) is 2.80. The third-order valence-corrected chi connectivity index (χ3v) is 3.54. The summed E-state index contributed by atoms with van der Waals surface area (Å²) in [6.07, 6.45) is 3.46. The lowest BCUT2D eigenvalue weighted by atomic mass is 10.1. The molecule has 0 aromatic heterocycles. The molecule has 0 radical (unpaired) electrons. The van der Waals surface area contributed by atoms with E-state index in [-0.39, 0.29) is 5.75 Å². The van der Waals surface area contributed by atoms with Crippen molar-refractivity contribution in [1.29, 1.82) is 0 Å². The molecule has 0 spiro atoms. The van der Waals surface area contributed by atoms with E-state index >= 15 is 0 Å². The second kappa shape index (κ2) is 8.72. The monoisotopic (exact) mass is 326 g/mol. The van der Waals surface area contributed by atoms with Gasteiger partial charge in [-0.05, 0) is 48.4 Å². The fourth-order valence-electron chi connectivity index (χ4n) is 2.09. The molecular weight excluding hydrogens is 304 g/mol. The van der Waals surface area contributed by atoms with E-state index < -0.39 is 0 Å². The summed E-state index contributed by atoms with van der Waals surface area (Å²) in [5.74, 6) is 1.67. The third kappa shape index (κ3) is 4.84. The second-order valence-corrected chi connectivity index (χ2v) is 5.22. The summed E-state index contributed by atoms with van der Waals surface area (Å²) in [4.78, 5) is 8.67. The van der Waals surface area contributed by atoms with Crippen LogP contribution in [0.2, 0.25) is 0 Å². The molecule has 0 saturated heterocycles. The number of ether oxygens (including phenoxy) is 2. The number of nitrogens with zero attached hydrogens (tertiary/aromatic N) is 2. The number of methoxy groups -OCH3 is 2. The zero-order valence-corrected chi connectivity index (χ0v) is 14.2. The molecule has 0 bridgehead atoms. The van der Waals surface area contributed by atoms with Gasteiger partial charge >= 0.3 is 0 Å². The van der Waals surface area contributed by atoms with E-state index in [2.05, 4.69) is 9.98 Å². The smallest absolute Gasteiger partial charge is 0.124 e. The number of rotatable bonds is 7. The molecular formula is C19H22N2O3. The molecule has 1 N–H and O–H groups in total. The van der Waals surface area contributed by atoms with E-state index in [9.17, 15) is 5.11 Å². The average Bonchev–Trinajstić information content (AvgIpc) is 2.60. The van der Waals surface area contributed by atoms with Gasteiger partial charge in [-0.15, -0.1) is 0 Å². The van der Waals surface area contributed by atoms with Crippen LogP contribution in [-0.4, -0.2) is 44.8 Å². The first-order valence-electron chi connectivity index (χ1n) is 7.65. The van der Waals surface area contributed by atoms with Gasteiger partial charge in [0.05, 0.1) is 27.3 Å². The molecule has 0 fully saturated rings. The number of phenolic OH excluding ortho intramolecular Hbond substituents is 1. The number of benzene rings is 2. The Morgan fingerprint density at radius 3 is 2.04 bits per heavy atom. The van der Waals surface area contributed by atoms with Gasteiger partial charge in [0.25, 0.3) is 0 Å². The second-order valence-electron chi connectivity index (χ2n) is 5.22. The molecule has 24 heavy (non-hydrogen) atoms. The highest BCUT2D eigenvalue weighted by Crippen LogP contribution is 2.21. The van der Waals surface area contributed by atoms with Gasteiger partial charge in [0, 0.05) is 18.0 Å². The molecule has 126 valence electrons. The van der Waals surface area contributed by atoms with Crippen LogP contribution in [0.15, 0.2) is 46.4 Å². The van der Waals surface area contributed by atoms with Crippen molar-refractivity contribution >= 4 is 12.4 Å². The molecule has 5 nitrogen and oxygen atoms in total. The first-order valence-corrected chi connectivity index (χ1v) is 7.65. The Hall–Kier alpha value is -2.82. The standard InChI is InChI=1S/C19H22N2O3/c1-14-4-5-17(23-2)10-15(14)12-20-8-9-21-13-16-11-18(24-3)6-7-19(16)22/h4-7,10-13,22H,8-9H2,1-3H3/b20-12+,21-13+. The van der Waals surface area contributed by atoms with E-state index in [1.54, 1.807) is 38.6 Å². The first-order chi connectivity index (χ1) is 11.6. The van der Waals surface area contributed by atoms with E-state index in [1.807, 2.05) is 31.3 Å². The maximum Gasteiger partial charge on any atom is 0.124 e. The SMILES string of the molecule is COc1ccc(C)c(/C=N/CC/N=C/c2cc(OC)ccc2O)c1. The third-order valence-electron chi connectivity index (χ3n) is 3.54. The fourth-order valence-corrected chi connectivity index (χ4v) is 2.09. The Labute approximate surface area is 142 Å². The Bertz CT molecular complexity index is 676. The number of hydrogen-bond acceptors (Lipinski definition) is 5. The van der Waals surface area contributed by atoms with Gasteiger partial charge in [-0.2, -0.15) is 0 Å². The molecule has 0 unspecified atom stereocenters. The first kappa shape index (κ1) is 17.5. The predicted octanol–water partition coefficient (Wildman–Crippen LogP) is 3.26. The molecule has 0 aliphatic carbocycles. The lowest BCUT2D eigenvalue weighted by Gasteiger charge is -2.04. The Morgan fingerprint density at radius 1 is 0.875 bits per heavy atom. The molecule has 5 heteroatoms. The van der Waals surface area contributed by atoms with Gasteiger partial charge in [-0.25, -0.2) is 0 Å². The van der Waals surface area contributed by atoms with Gasteiger partial charge < -0.3 is 14.6 Å². The molecule has 0 atom stereocenters. The summed E-state index contributed by atoms with van der Waals surface area (Å²) in [6, 6.07) is 10.9. The molecule has 2 aromatic rings. The predicted molar refractivity (Wildman–Crippen MR) is 97.3 cm³/mol. The van der Waals surface area contributed by atoms with Crippen LogP contribution in [0.1, 0.15) is 16.7 Å². The van der Waals surface area contributed by atoms with Crippen LogP contribution in [0.25, 0.3) is 0 Å². The summed E-state index contributed by atoms with van der Waals surface area (Å²) in [6.45, 7) is 3.14. The van der Waals surface area contributed by atoms with E-state index in [1.165, 1.54) is 0 Å². The van der Waals surface area contributed by atoms with Crippen LogP contribution in [0, 0.1) is 6.92 Å². The lowest BCUT2D eigenvalue weighted by Crippen LogP contribution is -1.94. The van der Waals surface area contributed by atoms with Crippen LogP contribution in [0.4, 0.5) is 0 Å². The van der Waals surface area contributed by atoms with Crippen LogP contribution < -0.4 is 9.47 Å². The summed E-state index contributed by atoms with van der Waals surface area (Å²) < 4.78 is 10.3. The van der Waals surface area contributed by atoms with Crippen molar-refractivity contribution in [2.24, 2.45) is 9.98 Å². The molecule has 0 aliphatic heterocycles. The van der Waals surface area contributed by atoms with Crippen LogP contribution in [0.3, 0.4) is 0 Å². The average molecular weight is 326 g/mol. The summed E-state index contributed by atoms with van der Waals surface area (Å²) >= 11 is 0. The van der Waals surface area contributed by atoms with Crippen molar-refractivity contribution in [3.8, 4) is 17.2 Å². The summed E-state index contributed by atoms with van der Waals surface area (Å²) in [5, 5.41) is 9.77. The van der Waals surface area contributed by atoms with Gasteiger partial charge in [-0.3, -0.25) is 9.98 Å². The van der Waals surface area contributed by atoms with Crippen LogP contribution >= 0.6 is 0 Å². The van der Waals surface area contributed by atoms with Crippen molar-refractivity contribution in [3.63, 3.8) is 0 Å². The maximum atomic E-state index is 9.77. The maximum absolute atomic E-state index is 9.77. The zero-order chi connectivity index (χ0) is 17.4. The highest BCUT2D eigenvalue weighted by molar-refractivity contribution is 5.84. The van der Waals surface area contributed by atoms with Crippen molar-refractivity contribution in [1.82, 2.24) is 0 Å². The van der Waals surface area contributed by atoms with Gasteiger partial charge in [0.1, 0.15) is 17.2 Å². The molecule has 0 saturated carbocycles. The Kier molecular flexibility index (Phi) is 6.37. The number of hydrogen-bond donors (Lipinski definition) is 1. The van der Waals surface area contributed by atoms with Crippen molar-refractivity contribution in [2.45, 2.75) is 6.92 Å². The minimum Gasteiger partial charge on any atom is -0.507 e. The molecule has 0 heterocycles. The van der Waals surface area contributed by atoms with Crippen LogP contribution in [0.5, 0.6) is 17.2 Å². The van der Waals surface area contributed by atoms with Crippen molar-refractivity contribution < 1.29 is 14.6 Å². The Balaban J connectivity index is 1.91. The zero-order valence-electron chi connectivity index (χ0n) is 14.2. The lowest BCUT2D eigenvalue weighted by molar-refractivity contribution is 0.412. The molecule has 2 rings (SSSR count). The number of aromatic hydroxyl groups is 1. The molecule has 0 amide bonds. The highest BCUT2D eigenvalue weighted by Gasteiger charge is 2.00. The number of aliphatic imine (C=N–C) groups is 2. The number of aryl methyl sites for hydroxylation is 1. The summed E-state index contributed by atoms with van der Waals surface area (Å²) in [7, 11) is 3.23. The molecule has 0 aliphatic rings. The van der Waals surface area contributed by atoms with E-state index in [0.29, 0.717) is 24.4 Å². The van der Waals surface area contributed by atoms with Gasteiger partial charge in [0.15, 0.2) is 0 Å². The van der Waals surface area contributed by atoms with E-state index in [0.717, 1.165) is 16.9 Å². The fraction of sp³-hybridized carbons (Fsp3) is 0.263. The number of phenols is 1. The Morgan fingerprint density at radius 2 is 1.42 bits per heavy atom. The van der Waals surface area contributed by atoms with Gasteiger partial charge in [-0.1, -0.05) is 6.07 Å². The van der Waals surface area contributed by atoms with Crippen LogP contribution in [-0.2, 0) is 0 Å². The minimum atomic E-state index is 0.176. The van der Waals surface area contributed by atoms with Crippen molar-refractivity contribution in [2.75, 3.05) is 27.3 Å². The van der Waals surface area contributed by atoms with Crippen molar-refractivity contribution in [3.05, 3.63) is 53.1 Å². The minimum absolute atomic E-state index is 0.176. The highest BCUT2D eigenvalue weighted by atomic mass is 16.5. The normalized spacial score (nSPS) is 11.3. The quantitative estimate of drug-likeness (QED) is 0.627. The topological polar surface area (TPSA) is 63.4 Å². The van der Waals surface area contributed by atoms with E-state index in [4.69, 9.17) is 9.47 Å². The largest absolute Gasteiger partial charge is 0.507 e. The van der Waals surface area contributed by atoms with Gasteiger partial charge in [0.2, 0.25) is 0 Å².